The number of halogens is 1. The third-order valence-electron chi connectivity index (χ3n) is 3.05. The number of benzene rings is 1. The van der Waals surface area contributed by atoms with Crippen molar-refractivity contribution in [2.45, 2.75) is 0 Å². The van der Waals surface area contributed by atoms with E-state index >= 15 is 0 Å². The molecular formula is C14H14FN5O. The van der Waals surface area contributed by atoms with Crippen LogP contribution in [0.4, 0.5) is 10.2 Å². The first-order valence-corrected chi connectivity index (χ1v) is 6.47. The molecule has 2 heterocycles. The Bertz CT molecular complexity index is 758. The maximum atomic E-state index is 13.9. The maximum absolute atomic E-state index is 13.9. The Kier molecular flexibility index (Phi) is 3.74. The number of ether oxygens (including phenoxy) is 1. The van der Waals surface area contributed by atoms with Crippen molar-refractivity contribution in [1.29, 1.82) is 0 Å². The van der Waals surface area contributed by atoms with E-state index in [1.54, 1.807) is 31.5 Å². The number of aromatic nitrogens is 4. The van der Waals surface area contributed by atoms with Gasteiger partial charge in [0.05, 0.1) is 18.2 Å². The molecular weight excluding hydrogens is 273 g/mol. The average Bonchev–Trinajstić information content (AvgIpc) is 2.93. The van der Waals surface area contributed by atoms with Gasteiger partial charge in [0.25, 0.3) is 0 Å². The molecule has 0 saturated carbocycles. The molecule has 6 nitrogen and oxygen atoms in total. The third-order valence-corrected chi connectivity index (χ3v) is 3.05. The molecule has 108 valence electrons. The van der Waals surface area contributed by atoms with E-state index in [-0.39, 0.29) is 5.82 Å². The van der Waals surface area contributed by atoms with Gasteiger partial charge in [0.2, 0.25) is 0 Å². The van der Waals surface area contributed by atoms with Crippen LogP contribution in [-0.2, 0) is 4.74 Å². The lowest BCUT2D eigenvalue weighted by atomic mass is 10.3. The van der Waals surface area contributed by atoms with Crippen molar-refractivity contribution < 1.29 is 9.13 Å². The molecule has 0 bridgehead atoms. The van der Waals surface area contributed by atoms with Crippen LogP contribution in [0.25, 0.3) is 16.7 Å². The highest BCUT2D eigenvalue weighted by Gasteiger charge is 2.13. The highest BCUT2D eigenvalue weighted by atomic mass is 19.1. The lowest BCUT2D eigenvalue weighted by Gasteiger charge is -2.06. The molecule has 0 unspecified atom stereocenters. The van der Waals surface area contributed by atoms with Crippen molar-refractivity contribution >= 4 is 16.9 Å². The van der Waals surface area contributed by atoms with Crippen LogP contribution in [0.5, 0.6) is 0 Å². The predicted molar refractivity (Wildman–Crippen MR) is 77.0 cm³/mol. The standard InChI is InChI=1S/C14H14FN5O/c1-21-7-6-16-13-10-8-19-20(14(10)18-9-17-13)12-5-3-2-4-11(12)15/h2-5,8-9H,6-7H2,1H3,(H,16,17,18). The first-order chi connectivity index (χ1) is 10.3. The van der Waals surface area contributed by atoms with Crippen molar-refractivity contribution in [2.75, 3.05) is 25.6 Å². The number of nitrogens with zero attached hydrogens (tertiary/aromatic N) is 4. The van der Waals surface area contributed by atoms with E-state index in [4.69, 9.17) is 4.74 Å². The van der Waals surface area contributed by atoms with E-state index in [1.807, 2.05) is 0 Å². The Balaban J connectivity index is 2.03. The summed E-state index contributed by atoms with van der Waals surface area (Å²) in [7, 11) is 1.63. The molecule has 0 saturated heterocycles. The number of hydrogen-bond donors (Lipinski definition) is 1. The van der Waals surface area contributed by atoms with Gasteiger partial charge in [-0.15, -0.1) is 0 Å². The zero-order chi connectivity index (χ0) is 14.7. The van der Waals surface area contributed by atoms with E-state index in [2.05, 4.69) is 20.4 Å². The minimum atomic E-state index is -0.352. The van der Waals surface area contributed by atoms with Gasteiger partial charge in [-0.1, -0.05) is 12.1 Å². The molecule has 3 aromatic rings. The summed E-state index contributed by atoms with van der Waals surface area (Å²) < 4.78 is 20.3. The van der Waals surface area contributed by atoms with Crippen LogP contribution in [0.3, 0.4) is 0 Å². The summed E-state index contributed by atoms with van der Waals surface area (Å²) in [4.78, 5) is 8.38. The summed E-state index contributed by atoms with van der Waals surface area (Å²) in [5.41, 5.74) is 0.907. The molecule has 0 fully saturated rings. The zero-order valence-electron chi connectivity index (χ0n) is 11.5. The minimum absolute atomic E-state index is 0.352. The highest BCUT2D eigenvalue weighted by Crippen LogP contribution is 2.22. The predicted octanol–water partition coefficient (Wildman–Crippen LogP) is 2.01. The number of hydrogen-bond acceptors (Lipinski definition) is 5. The van der Waals surface area contributed by atoms with Crippen molar-refractivity contribution in [1.82, 2.24) is 19.7 Å². The zero-order valence-corrected chi connectivity index (χ0v) is 11.5. The van der Waals surface area contributed by atoms with E-state index in [0.29, 0.717) is 30.3 Å². The molecule has 7 heteroatoms. The number of para-hydroxylation sites is 1. The molecule has 0 amide bonds. The molecule has 21 heavy (non-hydrogen) atoms. The molecule has 0 aliphatic rings. The van der Waals surface area contributed by atoms with Gasteiger partial charge >= 0.3 is 0 Å². The van der Waals surface area contributed by atoms with Gasteiger partial charge in [-0.25, -0.2) is 19.0 Å². The Labute approximate surface area is 120 Å². The van der Waals surface area contributed by atoms with Crippen molar-refractivity contribution in [2.24, 2.45) is 0 Å². The third kappa shape index (κ3) is 2.55. The lowest BCUT2D eigenvalue weighted by molar-refractivity contribution is 0.210. The highest BCUT2D eigenvalue weighted by molar-refractivity contribution is 5.87. The van der Waals surface area contributed by atoms with Crippen LogP contribution in [0, 0.1) is 5.82 Å². The van der Waals surface area contributed by atoms with Crippen LogP contribution in [0.15, 0.2) is 36.8 Å². The maximum Gasteiger partial charge on any atom is 0.168 e. The number of nitrogens with one attached hydrogen (secondary N) is 1. The Morgan fingerprint density at radius 1 is 1.29 bits per heavy atom. The molecule has 1 aromatic carbocycles. The van der Waals surface area contributed by atoms with Crippen LogP contribution >= 0.6 is 0 Å². The second-order valence-corrected chi connectivity index (χ2v) is 4.39. The number of methoxy groups -OCH3 is 1. The van der Waals surface area contributed by atoms with E-state index in [0.717, 1.165) is 5.39 Å². The Hall–Kier alpha value is -2.54. The molecule has 0 radical (unpaired) electrons. The summed E-state index contributed by atoms with van der Waals surface area (Å²) in [5.74, 6) is 0.301. The van der Waals surface area contributed by atoms with E-state index in [9.17, 15) is 4.39 Å². The fraction of sp³-hybridized carbons (Fsp3) is 0.214. The van der Waals surface area contributed by atoms with Crippen LogP contribution in [0.1, 0.15) is 0 Å². The summed E-state index contributed by atoms with van der Waals surface area (Å²) in [6.45, 7) is 1.18. The second kappa shape index (κ2) is 5.84. The Morgan fingerprint density at radius 3 is 2.95 bits per heavy atom. The van der Waals surface area contributed by atoms with Crippen molar-refractivity contribution in [3.63, 3.8) is 0 Å². The molecule has 0 spiro atoms. The number of fused-ring (bicyclic) bond motifs is 1. The van der Waals surface area contributed by atoms with Crippen LogP contribution in [-0.4, -0.2) is 40.0 Å². The summed E-state index contributed by atoms with van der Waals surface area (Å²) in [6.07, 6.45) is 3.05. The first kappa shape index (κ1) is 13.4. The molecule has 0 aliphatic heterocycles. The molecule has 0 atom stereocenters. The Morgan fingerprint density at radius 2 is 2.14 bits per heavy atom. The summed E-state index contributed by atoms with van der Waals surface area (Å²) in [5, 5.41) is 8.10. The second-order valence-electron chi connectivity index (χ2n) is 4.39. The van der Waals surface area contributed by atoms with Crippen LogP contribution in [0.2, 0.25) is 0 Å². The quantitative estimate of drug-likeness (QED) is 0.727. The fourth-order valence-corrected chi connectivity index (χ4v) is 2.06. The van der Waals surface area contributed by atoms with E-state index < -0.39 is 0 Å². The van der Waals surface area contributed by atoms with E-state index in [1.165, 1.54) is 17.1 Å². The monoisotopic (exact) mass is 287 g/mol. The molecule has 0 aliphatic carbocycles. The lowest BCUT2D eigenvalue weighted by Crippen LogP contribution is -2.09. The number of anilines is 1. The molecule has 2 aromatic heterocycles. The van der Waals surface area contributed by atoms with Crippen molar-refractivity contribution in [3.05, 3.63) is 42.6 Å². The molecule has 3 rings (SSSR count). The van der Waals surface area contributed by atoms with Gasteiger partial charge in [-0.3, -0.25) is 0 Å². The van der Waals surface area contributed by atoms with Gasteiger partial charge in [-0.2, -0.15) is 5.10 Å². The van der Waals surface area contributed by atoms with Crippen molar-refractivity contribution in [3.8, 4) is 5.69 Å². The van der Waals surface area contributed by atoms with Gasteiger partial charge in [0.15, 0.2) is 5.65 Å². The smallest absolute Gasteiger partial charge is 0.168 e. The van der Waals surface area contributed by atoms with Gasteiger partial charge in [0.1, 0.15) is 23.6 Å². The van der Waals surface area contributed by atoms with Gasteiger partial charge < -0.3 is 10.1 Å². The largest absolute Gasteiger partial charge is 0.383 e. The summed E-state index contributed by atoms with van der Waals surface area (Å²) in [6, 6.07) is 6.44. The normalized spacial score (nSPS) is 11.0. The van der Waals surface area contributed by atoms with Crippen LogP contribution < -0.4 is 5.32 Å². The fourth-order valence-electron chi connectivity index (χ4n) is 2.06. The van der Waals surface area contributed by atoms with Gasteiger partial charge in [-0.05, 0) is 12.1 Å². The summed E-state index contributed by atoms with van der Waals surface area (Å²) >= 11 is 0. The topological polar surface area (TPSA) is 64.9 Å². The first-order valence-electron chi connectivity index (χ1n) is 6.47. The molecule has 1 N–H and O–H groups in total. The number of rotatable bonds is 5. The SMILES string of the molecule is COCCNc1ncnc2c1cnn2-c1ccccc1F. The van der Waals surface area contributed by atoms with Gasteiger partial charge in [0, 0.05) is 13.7 Å². The minimum Gasteiger partial charge on any atom is -0.383 e. The average molecular weight is 287 g/mol.